The normalized spacial score (nSPS) is 16.2. The van der Waals surface area contributed by atoms with Crippen molar-refractivity contribution in [3.63, 3.8) is 0 Å². The zero-order valence-corrected chi connectivity index (χ0v) is 13.3. The van der Waals surface area contributed by atoms with E-state index in [-0.39, 0.29) is 17.9 Å². The van der Waals surface area contributed by atoms with Crippen molar-refractivity contribution < 1.29 is 9.59 Å². The highest BCUT2D eigenvalue weighted by atomic mass is 32.2. The Morgan fingerprint density at radius 1 is 1.43 bits per heavy atom. The number of aromatic nitrogens is 1. The van der Waals surface area contributed by atoms with Crippen molar-refractivity contribution >= 4 is 23.6 Å². The first kappa shape index (κ1) is 15.9. The van der Waals surface area contributed by atoms with E-state index in [0.717, 1.165) is 25.1 Å². The Morgan fingerprint density at radius 3 is 2.81 bits per heavy atom. The monoisotopic (exact) mass is 309 g/mol. The summed E-state index contributed by atoms with van der Waals surface area (Å²) in [6.07, 6.45) is 8.29. The molecule has 21 heavy (non-hydrogen) atoms. The summed E-state index contributed by atoms with van der Waals surface area (Å²) in [4.78, 5) is 25.7. The molecule has 1 fully saturated rings. The van der Waals surface area contributed by atoms with Crippen molar-refractivity contribution in [1.29, 1.82) is 0 Å². The fourth-order valence-electron chi connectivity index (χ4n) is 2.57. The van der Waals surface area contributed by atoms with Crippen LogP contribution in [0.3, 0.4) is 0 Å². The molecule has 2 heterocycles. The molecule has 1 aromatic heterocycles. The van der Waals surface area contributed by atoms with Crippen LogP contribution in [0.4, 0.5) is 0 Å². The Morgan fingerprint density at radius 2 is 2.19 bits per heavy atom. The van der Waals surface area contributed by atoms with Crippen LogP contribution in [0.1, 0.15) is 25.3 Å². The number of amides is 2. The van der Waals surface area contributed by atoms with Crippen molar-refractivity contribution in [1.82, 2.24) is 14.8 Å². The molecule has 1 aromatic rings. The minimum absolute atomic E-state index is 0.0342. The molecule has 2 rings (SSSR count). The molecule has 1 N–H and O–H groups in total. The van der Waals surface area contributed by atoms with Gasteiger partial charge in [-0.05, 0) is 37.0 Å². The molecule has 0 radical (unpaired) electrons. The summed E-state index contributed by atoms with van der Waals surface area (Å²) >= 11 is 1.74. The van der Waals surface area contributed by atoms with E-state index in [1.165, 1.54) is 0 Å². The van der Waals surface area contributed by atoms with Gasteiger partial charge in [-0.2, -0.15) is 11.8 Å². The SMILES string of the molecule is CSCCC(C(=O)NCCN1CCCC1=O)n1cccc1. The summed E-state index contributed by atoms with van der Waals surface area (Å²) in [6, 6.07) is 3.70. The van der Waals surface area contributed by atoms with Crippen LogP contribution in [-0.2, 0) is 9.59 Å². The summed E-state index contributed by atoms with van der Waals surface area (Å²) < 4.78 is 1.95. The maximum absolute atomic E-state index is 12.4. The van der Waals surface area contributed by atoms with Gasteiger partial charge in [0, 0.05) is 38.4 Å². The van der Waals surface area contributed by atoms with Crippen molar-refractivity contribution in [2.45, 2.75) is 25.3 Å². The van der Waals surface area contributed by atoms with E-state index in [1.54, 1.807) is 11.8 Å². The van der Waals surface area contributed by atoms with E-state index in [4.69, 9.17) is 0 Å². The number of carbonyl (C=O) groups is 2. The average Bonchev–Trinajstić information content (AvgIpc) is 3.12. The van der Waals surface area contributed by atoms with Crippen molar-refractivity contribution in [2.24, 2.45) is 0 Å². The van der Waals surface area contributed by atoms with Crippen LogP contribution in [0.15, 0.2) is 24.5 Å². The predicted octanol–water partition coefficient (Wildman–Crippen LogP) is 1.52. The highest BCUT2D eigenvalue weighted by Gasteiger charge is 2.21. The fraction of sp³-hybridized carbons (Fsp3) is 0.600. The van der Waals surface area contributed by atoms with Crippen molar-refractivity contribution in [3.8, 4) is 0 Å². The Bertz CT molecular complexity index is 461. The van der Waals surface area contributed by atoms with Gasteiger partial charge in [-0.1, -0.05) is 0 Å². The number of likely N-dealkylation sites (tertiary alicyclic amines) is 1. The molecule has 0 spiro atoms. The number of hydrogen-bond donors (Lipinski definition) is 1. The van der Waals surface area contributed by atoms with E-state index in [2.05, 4.69) is 5.32 Å². The summed E-state index contributed by atoms with van der Waals surface area (Å²) in [5.41, 5.74) is 0. The van der Waals surface area contributed by atoms with Crippen LogP contribution in [0.5, 0.6) is 0 Å². The molecule has 6 heteroatoms. The molecule has 116 valence electrons. The fourth-order valence-corrected chi connectivity index (χ4v) is 3.03. The Labute approximate surface area is 130 Å². The van der Waals surface area contributed by atoms with E-state index in [9.17, 15) is 9.59 Å². The van der Waals surface area contributed by atoms with Crippen LogP contribution in [0, 0.1) is 0 Å². The molecular formula is C15H23N3O2S. The van der Waals surface area contributed by atoms with Crippen LogP contribution in [0.2, 0.25) is 0 Å². The maximum atomic E-state index is 12.4. The van der Waals surface area contributed by atoms with E-state index >= 15 is 0 Å². The highest BCUT2D eigenvalue weighted by molar-refractivity contribution is 7.98. The van der Waals surface area contributed by atoms with Crippen molar-refractivity contribution in [3.05, 3.63) is 24.5 Å². The van der Waals surface area contributed by atoms with Gasteiger partial charge in [0.25, 0.3) is 0 Å². The average molecular weight is 309 g/mol. The molecule has 1 saturated heterocycles. The molecule has 2 amide bonds. The molecule has 1 unspecified atom stereocenters. The quantitative estimate of drug-likeness (QED) is 0.792. The third kappa shape index (κ3) is 4.52. The van der Waals surface area contributed by atoms with Crippen LogP contribution in [-0.4, -0.2) is 52.9 Å². The van der Waals surface area contributed by atoms with Gasteiger partial charge in [0.15, 0.2) is 0 Å². The number of hydrogen-bond acceptors (Lipinski definition) is 3. The first-order chi connectivity index (χ1) is 10.2. The van der Waals surface area contributed by atoms with Gasteiger partial charge in [-0.3, -0.25) is 9.59 Å². The summed E-state index contributed by atoms with van der Waals surface area (Å²) in [5.74, 6) is 1.18. The van der Waals surface area contributed by atoms with Gasteiger partial charge in [0.1, 0.15) is 6.04 Å². The number of nitrogens with one attached hydrogen (secondary N) is 1. The van der Waals surface area contributed by atoms with Crippen LogP contribution >= 0.6 is 11.8 Å². The van der Waals surface area contributed by atoms with Gasteiger partial charge in [-0.15, -0.1) is 0 Å². The molecule has 0 aromatic carbocycles. The number of thioether (sulfide) groups is 1. The smallest absolute Gasteiger partial charge is 0.243 e. The topological polar surface area (TPSA) is 54.3 Å². The standard InChI is InChI=1S/C15H23N3O2S/c1-21-12-6-13(17-8-2-3-9-17)15(20)16-7-11-18-10-4-5-14(18)19/h2-3,8-9,13H,4-7,10-12H2,1H3,(H,16,20). The second-order valence-electron chi connectivity index (χ2n) is 5.20. The molecule has 0 aliphatic carbocycles. The van der Waals surface area contributed by atoms with Gasteiger partial charge in [0.05, 0.1) is 0 Å². The lowest BCUT2D eigenvalue weighted by Gasteiger charge is -2.20. The first-order valence-electron chi connectivity index (χ1n) is 7.39. The van der Waals surface area contributed by atoms with Crippen LogP contribution in [0.25, 0.3) is 0 Å². The van der Waals surface area contributed by atoms with Gasteiger partial charge >= 0.3 is 0 Å². The first-order valence-corrected chi connectivity index (χ1v) is 8.78. The second kappa shape index (κ2) is 8.12. The van der Waals surface area contributed by atoms with Gasteiger partial charge < -0.3 is 14.8 Å². The van der Waals surface area contributed by atoms with Gasteiger partial charge in [-0.25, -0.2) is 0 Å². The van der Waals surface area contributed by atoms with Crippen LogP contribution < -0.4 is 5.32 Å². The van der Waals surface area contributed by atoms with Crippen molar-refractivity contribution in [2.75, 3.05) is 31.6 Å². The Hall–Kier alpha value is -1.43. The zero-order valence-electron chi connectivity index (χ0n) is 12.5. The number of rotatable bonds is 8. The number of nitrogens with zero attached hydrogens (tertiary/aromatic N) is 2. The zero-order chi connectivity index (χ0) is 15.1. The van der Waals surface area contributed by atoms with E-state index in [0.29, 0.717) is 19.5 Å². The molecular weight excluding hydrogens is 286 g/mol. The summed E-state index contributed by atoms with van der Waals surface area (Å²) in [7, 11) is 0. The molecule has 0 saturated carbocycles. The molecule has 1 aliphatic heterocycles. The Balaban J connectivity index is 1.82. The Kier molecular flexibility index (Phi) is 6.17. The lowest BCUT2D eigenvalue weighted by molar-refractivity contribution is -0.129. The predicted molar refractivity (Wildman–Crippen MR) is 85.3 cm³/mol. The lowest BCUT2D eigenvalue weighted by atomic mass is 10.2. The lowest BCUT2D eigenvalue weighted by Crippen LogP contribution is -2.38. The molecule has 1 aliphatic rings. The second-order valence-corrected chi connectivity index (χ2v) is 6.19. The minimum Gasteiger partial charge on any atom is -0.353 e. The number of carbonyl (C=O) groups excluding carboxylic acids is 2. The molecule has 0 bridgehead atoms. The third-order valence-electron chi connectivity index (χ3n) is 3.74. The highest BCUT2D eigenvalue weighted by Crippen LogP contribution is 2.15. The third-order valence-corrected chi connectivity index (χ3v) is 4.38. The van der Waals surface area contributed by atoms with E-state index < -0.39 is 0 Å². The summed E-state index contributed by atoms with van der Waals surface area (Å²) in [5, 5.41) is 2.96. The van der Waals surface area contributed by atoms with Gasteiger partial charge in [0.2, 0.25) is 11.8 Å². The minimum atomic E-state index is -0.165. The summed E-state index contributed by atoms with van der Waals surface area (Å²) in [6.45, 7) is 1.97. The van der Waals surface area contributed by atoms with E-state index in [1.807, 2.05) is 40.2 Å². The molecule has 5 nitrogen and oxygen atoms in total. The largest absolute Gasteiger partial charge is 0.353 e. The maximum Gasteiger partial charge on any atom is 0.243 e. The molecule has 1 atom stereocenters.